The van der Waals surface area contributed by atoms with Gasteiger partial charge >= 0.3 is 0 Å². The molecule has 114 valence electrons. The summed E-state index contributed by atoms with van der Waals surface area (Å²) in [5.74, 6) is -0.367. The van der Waals surface area contributed by atoms with Crippen LogP contribution >= 0.6 is 54.8 Å². The van der Waals surface area contributed by atoms with Gasteiger partial charge in [-0.05, 0) is 80.6 Å². The summed E-state index contributed by atoms with van der Waals surface area (Å²) in [6.07, 6.45) is 1.77. The van der Waals surface area contributed by atoms with Gasteiger partial charge in [-0.1, -0.05) is 24.6 Å². The van der Waals surface area contributed by atoms with Crippen molar-refractivity contribution in [3.63, 3.8) is 0 Å². The first-order valence-electron chi connectivity index (χ1n) is 6.63. The highest BCUT2D eigenvalue weighted by molar-refractivity contribution is 9.12. The van der Waals surface area contributed by atoms with Crippen molar-refractivity contribution < 1.29 is 4.39 Å². The van der Waals surface area contributed by atoms with Crippen LogP contribution in [0.4, 0.5) is 4.39 Å². The van der Waals surface area contributed by atoms with Crippen LogP contribution in [-0.4, -0.2) is 6.54 Å². The smallest absolute Gasteiger partial charge is 0.142 e. The average Bonchev–Trinajstić information content (AvgIpc) is 2.77. The largest absolute Gasteiger partial charge is 0.310 e. The molecule has 0 fully saturated rings. The highest BCUT2D eigenvalue weighted by Crippen LogP contribution is 2.36. The molecule has 0 bridgehead atoms. The minimum atomic E-state index is -0.367. The summed E-state index contributed by atoms with van der Waals surface area (Å²) >= 11 is 14.5. The Morgan fingerprint density at radius 1 is 1.33 bits per heavy atom. The Morgan fingerprint density at radius 3 is 2.67 bits per heavy atom. The van der Waals surface area contributed by atoms with Gasteiger partial charge in [-0.3, -0.25) is 0 Å². The molecule has 2 aromatic rings. The first kappa shape index (κ1) is 17.4. The fourth-order valence-electron chi connectivity index (χ4n) is 2.10. The first-order valence-corrected chi connectivity index (χ1v) is 9.41. The predicted molar refractivity (Wildman–Crippen MR) is 95.9 cm³/mol. The van der Waals surface area contributed by atoms with Gasteiger partial charge in [-0.15, -0.1) is 11.3 Å². The molecule has 1 N–H and O–H groups in total. The van der Waals surface area contributed by atoms with Crippen molar-refractivity contribution in [1.82, 2.24) is 5.32 Å². The molecule has 0 saturated heterocycles. The molecule has 1 aromatic carbocycles. The maximum atomic E-state index is 13.6. The van der Waals surface area contributed by atoms with Crippen molar-refractivity contribution in [2.75, 3.05) is 6.54 Å². The average molecular weight is 456 g/mol. The molecular formula is C15H15Br2ClFNS. The van der Waals surface area contributed by atoms with Crippen LogP contribution in [0.2, 0.25) is 5.02 Å². The molecule has 1 aromatic heterocycles. The summed E-state index contributed by atoms with van der Waals surface area (Å²) in [5, 5.41) is 3.69. The number of hydrogen-bond acceptors (Lipinski definition) is 2. The Kier molecular flexibility index (Phi) is 6.69. The van der Waals surface area contributed by atoms with Crippen LogP contribution in [0.25, 0.3) is 0 Å². The third-order valence-electron chi connectivity index (χ3n) is 3.12. The van der Waals surface area contributed by atoms with E-state index in [9.17, 15) is 4.39 Å². The Hall–Kier alpha value is 0.0600. The van der Waals surface area contributed by atoms with E-state index in [2.05, 4.69) is 50.2 Å². The number of nitrogens with one attached hydrogen (secondary N) is 1. The Balaban J connectivity index is 2.23. The van der Waals surface area contributed by atoms with Gasteiger partial charge in [-0.25, -0.2) is 4.39 Å². The van der Waals surface area contributed by atoms with E-state index in [0.29, 0.717) is 0 Å². The summed E-state index contributed by atoms with van der Waals surface area (Å²) in [6.45, 7) is 3.05. The van der Waals surface area contributed by atoms with Crippen molar-refractivity contribution in [1.29, 1.82) is 0 Å². The van der Waals surface area contributed by atoms with E-state index >= 15 is 0 Å². The molecule has 6 heteroatoms. The fraction of sp³-hybridized carbons (Fsp3) is 0.333. The Labute approximate surface area is 150 Å². The van der Waals surface area contributed by atoms with Gasteiger partial charge in [0.15, 0.2) is 0 Å². The van der Waals surface area contributed by atoms with E-state index in [1.807, 2.05) is 6.07 Å². The zero-order valence-corrected chi connectivity index (χ0v) is 16.2. The van der Waals surface area contributed by atoms with Gasteiger partial charge in [0, 0.05) is 6.04 Å². The molecule has 1 atom stereocenters. The number of benzene rings is 1. The minimum absolute atomic E-state index is 0.141. The van der Waals surface area contributed by atoms with Crippen LogP contribution < -0.4 is 5.32 Å². The maximum Gasteiger partial charge on any atom is 0.142 e. The summed E-state index contributed by atoms with van der Waals surface area (Å²) in [7, 11) is 0. The summed E-state index contributed by atoms with van der Waals surface area (Å²) in [6, 6.07) is 7.25. The molecule has 2 rings (SSSR count). The quantitative estimate of drug-likeness (QED) is 0.535. The molecule has 0 radical (unpaired) electrons. The highest BCUT2D eigenvalue weighted by atomic mass is 79.9. The van der Waals surface area contributed by atoms with Crippen molar-refractivity contribution in [3.05, 3.63) is 53.8 Å². The zero-order chi connectivity index (χ0) is 15.4. The molecule has 0 amide bonds. The molecule has 1 heterocycles. The minimum Gasteiger partial charge on any atom is -0.310 e. The van der Waals surface area contributed by atoms with Gasteiger partial charge in [0.25, 0.3) is 0 Å². The molecule has 0 spiro atoms. The Morgan fingerprint density at radius 2 is 2.10 bits per heavy atom. The van der Waals surface area contributed by atoms with Crippen molar-refractivity contribution in [2.24, 2.45) is 0 Å². The van der Waals surface area contributed by atoms with Crippen LogP contribution in [0.5, 0.6) is 0 Å². The second-order valence-corrected chi connectivity index (χ2v) is 8.90. The first-order chi connectivity index (χ1) is 10.0. The normalized spacial score (nSPS) is 12.6. The maximum absolute atomic E-state index is 13.6. The zero-order valence-electron chi connectivity index (χ0n) is 11.4. The topological polar surface area (TPSA) is 12.0 Å². The van der Waals surface area contributed by atoms with Gasteiger partial charge in [0.05, 0.1) is 12.6 Å². The van der Waals surface area contributed by atoms with Crippen molar-refractivity contribution in [2.45, 2.75) is 25.8 Å². The van der Waals surface area contributed by atoms with E-state index < -0.39 is 0 Å². The summed E-state index contributed by atoms with van der Waals surface area (Å²) < 4.78 is 15.8. The number of halogens is 4. The molecule has 21 heavy (non-hydrogen) atoms. The lowest BCUT2D eigenvalue weighted by atomic mass is 10.0. The lowest BCUT2D eigenvalue weighted by Crippen LogP contribution is -2.24. The van der Waals surface area contributed by atoms with Crippen molar-refractivity contribution >= 4 is 54.8 Å². The second kappa shape index (κ2) is 8.06. The highest BCUT2D eigenvalue weighted by Gasteiger charge is 2.18. The number of thiophene rings is 1. The third-order valence-corrected chi connectivity index (χ3v) is 5.82. The molecule has 1 unspecified atom stereocenters. The lowest BCUT2D eigenvalue weighted by molar-refractivity contribution is 0.527. The van der Waals surface area contributed by atoms with Crippen LogP contribution in [0.3, 0.4) is 0 Å². The number of hydrogen-bond donors (Lipinski definition) is 1. The van der Waals surface area contributed by atoms with Crippen LogP contribution in [0, 0.1) is 5.82 Å². The molecule has 0 aliphatic rings. The van der Waals surface area contributed by atoms with Crippen LogP contribution in [0.15, 0.2) is 31.8 Å². The second-order valence-electron chi connectivity index (χ2n) is 4.74. The molecule has 0 aliphatic heterocycles. The monoisotopic (exact) mass is 453 g/mol. The van der Waals surface area contributed by atoms with E-state index in [4.69, 9.17) is 11.6 Å². The van der Waals surface area contributed by atoms with E-state index in [1.165, 1.54) is 11.6 Å². The predicted octanol–water partition coefficient (Wildman–Crippen LogP) is 6.35. The van der Waals surface area contributed by atoms with E-state index in [0.717, 1.165) is 32.5 Å². The standard InChI is InChI=1S/C15H15Br2ClFNS/c1-2-5-20-13(10-8-14(16)21-15(10)17)7-9-3-4-11(18)12(19)6-9/h3-4,6,8,13,20H,2,5,7H2,1H3. The molecule has 1 nitrogen and oxygen atoms in total. The van der Waals surface area contributed by atoms with Gasteiger partial charge < -0.3 is 5.32 Å². The summed E-state index contributed by atoms with van der Waals surface area (Å²) in [4.78, 5) is 0. The fourth-order valence-corrected chi connectivity index (χ4v) is 5.20. The van der Waals surface area contributed by atoms with Crippen LogP contribution in [-0.2, 0) is 6.42 Å². The van der Waals surface area contributed by atoms with Gasteiger partial charge in [0.2, 0.25) is 0 Å². The SMILES string of the molecule is CCCNC(Cc1ccc(Cl)c(F)c1)c1cc(Br)sc1Br. The number of rotatable bonds is 6. The summed E-state index contributed by atoms with van der Waals surface area (Å²) in [5.41, 5.74) is 2.12. The molecule has 0 aliphatic carbocycles. The van der Waals surface area contributed by atoms with Gasteiger partial charge in [0.1, 0.15) is 5.82 Å². The lowest BCUT2D eigenvalue weighted by Gasteiger charge is -2.18. The van der Waals surface area contributed by atoms with Crippen LogP contribution in [0.1, 0.15) is 30.5 Å². The molecular weight excluding hydrogens is 440 g/mol. The molecule has 0 saturated carbocycles. The van der Waals surface area contributed by atoms with E-state index in [1.54, 1.807) is 17.4 Å². The third kappa shape index (κ3) is 4.76. The van der Waals surface area contributed by atoms with Crippen molar-refractivity contribution in [3.8, 4) is 0 Å². The Bertz CT molecular complexity index is 618. The van der Waals surface area contributed by atoms with E-state index in [-0.39, 0.29) is 16.9 Å². The van der Waals surface area contributed by atoms with Gasteiger partial charge in [-0.2, -0.15) is 0 Å².